The molecule has 1 aromatic heterocycles. The monoisotopic (exact) mass is 415 g/mol. The molecule has 0 bridgehead atoms. The largest absolute Gasteiger partial charge is 0.494 e. The predicted molar refractivity (Wildman–Crippen MR) is 110 cm³/mol. The second-order valence-electron chi connectivity index (χ2n) is 6.14. The minimum atomic E-state index is -3.82. The zero-order valence-electron chi connectivity index (χ0n) is 16.1. The van der Waals surface area contributed by atoms with Crippen molar-refractivity contribution in [2.24, 2.45) is 0 Å². The molecule has 0 radical (unpaired) electrons. The molecule has 0 saturated carbocycles. The van der Waals surface area contributed by atoms with E-state index in [9.17, 15) is 13.2 Å². The van der Waals surface area contributed by atoms with Crippen molar-refractivity contribution in [3.8, 4) is 11.4 Å². The number of hydrogen-bond donors (Lipinski definition) is 3. The van der Waals surface area contributed by atoms with Crippen LogP contribution in [0, 0.1) is 6.92 Å². The molecular formula is C19H21N5O4S. The van der Waals surface area contributed by atoms with Gasteiger partial charge in [-0.2, -0.15) is 0 Å². The highest BCUT2D eigenvalue weighted by atomic mass is 32.2. The van der Waals surface area contributed by atoms with Crippen LogP contribution in [0.4, 0.5) is 16.2 Å². The first-order valence-electron chi connectivity index (χ1n) is 8.63. The number of nitrogens with one attached hydrogen (secondary N) is 3. The Kier molecular flexibility index (Phi) is 5.74. The molecular weight excluding hydrogens is 394 g/mol. The lowest BCUT2D eigenvalue weighted by atomic mass is 10.2. The molecule has 3 rings (SSSR count). The number of carbonyl (C=O) groups is 1. The van der Waals surface area contributed by atoms with E-state index in [1.807, 2.05) is 13.1 Å². The molecule has 9 nitrogen and oxygen atoms in total. The lowest BCUT2D eigenvalue weighted by Crippen LogP contribution is -2.24. The first kappa shape index (κ1) is 20.2. The van der Waals surface area contributed by atoms with Crippen LogP contribution in [0.1, 0.15) is 5.69 Å². The summed E-state index contributed by atoms with van der Waals surface area (Å²) in [5.74, 6) is 0.493. The number of urea groups is 1. The second kappa shape index (κ2) is 8.23. The summed E-state index contributed by atoms with van der Waals surface area (Å²) >= 11 is 0. The fraction of sp³-hybridized carbons (Fsp3) is 0.158. The van der Waals surface area contributed by atoms with E-state index in [-0.39, 0.29) is 10.9 Å². The minimum Gasteiger partial charge on any atom is -0.494 e. The van der Waals surface area contributed by atoms with E-state index in [0.717, 1.165) is 11.4 Å². The van der Waals surface area contributed by atoms with Crippen molar-refractivity contribution < 1.29 is 17.9 Å². The zero-order valence-corrected chi connectivity index (χ0v) is 16.9. The molecule has 3 aromatic rings. The van der Waals surface area contributed by atoms with Gasteiger partial charge in [0.1, 0.15) is 5.75 Å². The summed E-state index contributed by atoms with van der Waals surface area (Å²) in [5, 5.41) is 4.99. The van der Waals surface area contributed by atoms with Gasteiger partial charge in [-0.25, -0.2) is 18.2 Å². The molecule has 0 atom stereocenters. The molecule has 10 heteroatoms. The number of aryl methyl sites for hydroxylation is 1. The van der Waals surface area contributed by atoms with Crippen LogP contribution in [0.15, 0.2) is 59.9 Å². The SMILES string of the molecule is CNC(=O)Nc1ccc(S(=O)(=O)Nc2ccc(-n3cnc(C)c3)c(OC)c2)cc1. The number of imidazole rings is 1. The van der Waals surface area contributed by atoms with Crippen LogP contribution in [0.5, 0.6) is 5.75 Å². The summed E-state index contributed by atoms with van der Waals surface area (Å²) in [6.07, 6.45) is 3.50. The van der Waals surface area contributed by atoms with Gasteiger partial charge in [-0.05, 0) is 43.3 Å². The Hall–Kier alpha value is -3.53. The molecule has 0 unspecified atom stereocenters. The van der Waals surface area contributed by atoms with Gasteiger partial charge in [0, 0.05) is 25.0 Å². The number of amides is 2. The van der Waals surface area contributed by atoms with Gasteiger partial charge in [0.05, 0.1) is 35.4 Å². The Labute approximate surface area is 168 Å². The van der Waals surface area contributed by atoms with Crippen LogP contribution in [-0.4, -0.2) is 38.2 Å². The van der Waals surface area contributed by atoms with Crippen molar-refractivity contribution in [2.75, 3.05) is 24.2 Å². The third-order valence-corrected chi connectivity index (χ3v) is 5.47. The Morgan fingerprint density at radius 3 is 2.38 bits per heavy atom. The number of benzene rings is 2. The number of anilines is 2. The van der Waals surface area contributed by atoms with Gasteiger partial charge in [0.2, 0.25) is 0 Å². The number of ether oxygens (including phenoxy) is 1. The van der Waals surface area contributed by atoms with Crippen molar-refractivity contribution >= 4 is 27.4 Å². The maximum atomic E-state index is 12.7. The maximum Gasteiger partial charge on any atom is 0.318 e. The molecule has 0 aliphatic rings. The lowest BCUT2D eigenvalue weighted by Gasteiger charge is -2.13. The number of methoxy groups -OCH3 is 1. The van der Waals surface area contributed by atoms with Crippen molar-refractivity contribution in [2.45, 2.75) is 11.8 Å². The summed E-state index contributed by atoms with van der Waals surface area (Å²) in [5.41, 5.74) is 2.42. The van der Waals surface area contributed by atoms with Gasteiger partial charge in [-0.15, -0.1) is 0 Å². The zero-order chi connectivity index (χ0) is 21.0. The number of rotatable bonds is 6. The number of hydrogen-bond acceptors (Lipinski definition) is 5. The number of nitrogens with zero attached hydrogens (tertiary/aromatic N) is 2. The van der Waals surface area contributed by atoms with E-state index in [1.54, 1.807) is 29.1 Å². The Balaban J connectivity index is 1.82. The average Bonchev–Trinajstić information content (AvgIpc) is 3.14. The summed E-state index contributed by atoms with van der Waals surface area (Å²) in [7, 11) is -0.811. The number of sulfonamides is 1. The van der Waals surface area contributed by atoms with Crippen molar-refractivity contribution in [3.63, 3.8) is 0 Å². The molecule has 0 aliphatic carbocycles. The highest BCUT2D eigenvalue weighted by molar-refractivity contribution is 7.92. The van der Waals surface area contributed by atoms with Gasteiger partial charge in [-0.3, -0.25) is 4.72 Å². The normalized spacial score (nSPS) is 11.0. The molecule has 2 aromatic carbocycles. The summed E-state index contributed by atoms with van der Waals surface area (Å²) < 4.78 is 35.1. The third-order valence-electron chi connectivity index (χ3n) is 4.07. The molecule has 29 heavy (non-hydrogen) atoms. The smallest absolute Gasteiger partial charge is 0.318 e. The molecule has 152 valence electrons. The summed E-state index contributed by atoms with van der Waals surface area (Å²) in [4.78, 5) is 15.6. The highest BCUT2D eigenvalue weighted by Crippen LogP contribution is 2.28. The molecule has 1 heterocycles. The van der Waals surface area contributed by atoms with Gasteiger partial charge < -0.3 is 19.9 Å². The topological polar surface area (TPSA) is 114 Å². The molecule has 2 amide bonds. The Bertz CT molecular complexity index is 1120. The Morgan fingerprint density at radius 2 is 1.79 bits per heavy atom. The summed E-state index contributed by atoms with van der Waals surface area (Å²) in [6, 6.07) is 10.4. The van der Waals surface area contributed by atoms with Crippen molar-refractivity contribution in [3.05, 3.63) is 60.7 Å². The minimum absolute atomic E-state index is 0.0632. The van der Waals surface area contributed by atoms with Gasteiger partial charge >= 0.3 is 6.03 Å². The van der Waals surface area contributed by atoms with Crippen LogP contribution >= 0.6 is 0 Å². The van der Waals surface area contributed by atoms with E-state index in [0.29, 0.717) is 17.1 Å². The van der Waals surface area contributed by atoms with Gasteiger partial charge in [-0.1, -0.05) is 0 Å². The van der Waals surface area contributed by atoms with E-state index in [4.69, 9.17) is 4.74 Å². The van der Waals surface area contributed by atoms with Crippen LogP contribution in [0.3, 0.4) is 0 Å². The number of aromatic nitrogens is 2. The standard InChI is InChI=1S/C19H21N5O4S/c1-13-11-24(12-21-13)17-9-6-15(10-18(17)28-3)23-29(26,27)16-7-4-14(5-8-16)22-19(25)20-2/h4-12,23H,1-3H3,(H2,20,22,25). The average molecular weight is 415 g/mol. The van der Waals surface area contributed by atoms with E-state index in [1.165, 1.54) is 38.4 Å². The fourth-order valence-corrected chi connectivity index (χ4v) is 3.68. The van der Waals surface area contributed by atoms with E-state index >= 15 is 0 Å². The predicted octanol–water partition coefficient (Wildman–Crippen LogP) is 2.74. The Morgan fingerprint density at radius 1 is 1.10 bits per heavy atom. The lowest BCUT2D eigenvalue weighted by molar-refractivity contribution is 0.254. The van der Waals surface area contributed by atoms with Crippen molar-refractivity contribution in [1.82, 2.24) is 14.9 Å². The van der Waals surface area contributed by atoms with E-state index < -0.39 is 10.0 Å². The second-order valence-corrected chi connectivity index (χ2v) is 7.83. The molecule has 0 spiro atoms. The first-order valence-corrected chi connectivity index (χ1v) is 10.1. The molecule has 0 aliphatic heterocycles. The van der Waals surface area contributed by atoms with Gasteiger partial charge in [0.25, 0.3) is 10.0 Å². The summed E-state index contributed by atoms with van der Waals surface area (Å²) in [6.45, 7) is 1.88. The van der Waals surface area contributed by atoms with Crippen LogP contribution in [-0.2, 0) is 10.0 Å². The van der Waals surface area contributed by atoms with Crippen LogP contribution in [0.25, 0.3) is 5.69 Å². The van der Waals surface area contributed by atoms with Gasteiger partial charge in [0.15, 0.2) is 0 Å². The number of carbonyl (C=O) groups excluding carboxylic acids is 1. The van der Waals surface area contributed by atoms with E-state index in [2.05, 4.69) is 20.3 Å². The van der Waals surface area contributed by atoms with Crippen LogP contribution < -0.4 is 20.1 Å². The van der Waals surface area contributed by atoms with Crippen LogP contribution in [0.2, 0.25) is 0 Å². The quantitative estimate of drug-likeness (QED) is 0.573. The fourth-order valence-electron chi connectivity index (χ4n) is 2.63. The van der Waals surface area contributed by atoms with Crippen molar-refractivity contribution in [1.29, 1.82) is 0 Å². The molecule has 0 saturated heterocycles. The maximum absolute atomic E-state index is 12.7. The molecule has 3 N–H and O–H groups in total. The highest BCUT2D eigenvalue weighted by Gasteiger charge is 2.16. The third kappa shape index (κ3) is 4.66. The first-order chi connectivity index (χ1) is 13.8. The molecule has 0 fully saturated rings.